The van der Waals surface area contributed by atoms with E-state index in [0.29, 0.717) is 17.7 Å². The molecule has 2 aliphatic rings. The molecule has 0 radical (unpaired) electrons. The fourth-order valence-electron chi connectivity index (χ4n) is 4.17. The van der Waals surface area contributed by atoms with Crippen LogP contribution in [0.3, 0.4) is 0 Å². The first kappa shape index (κ1) is 18.4. The first-order chi connectivity index (χ1) is 12.1. The number of nitrogens with zero attached hydrogens (tertiary/aromatic N) is 2. The van der Waals surface area contributed by atoms with Crippen molar-refractivity contribution in [1.82, 2.24) is 15.1 Å². The second-order valence-corrected chi connectivity index (χ2v) is 7.85. The summed E-state index contributed by atoms with van der Waals surface area (Å²) >= 11 is 0. The zero-order chi connectivity index (χ0) is 17.6. The van der Waals surface area contributed by atoms with Crippen LogP contribution in [-0.2, 0) is 11.3 Å². The lowest BCUT2D eigenvalue weighted by Gasteiger charge is -2.36. The lowest BCUT2D eigenvalue weighted by Crippen LogP contribution is -2.48. The van der Waals surface area contributed by atoms with Gasteiger partial charge in [0.1, 0.15) is 0 Å². The molecular formula is C21H33N3O. The summed E-state index contributed by atoms with van der Waals surface area (Å²) in [5.74, 6) is 1.59. The minimum absolute atomic E-state index is 0.363. The SMILES string of the molecule is Cc1ccccc1CN1CCN(C(=O)CC(C)C2CCNCC2)CC1. The van der Waals surface area contributed by atoms with Crippen molar-refractivity contribution < 1.29 is 4.79 Å². The van der Waals surface area contributed by atoms with Gasteiger partial charge in [-0.3, -0.25) is 9.69 Å². The monoisotopic (exact) mass is 343 g/mol. The summed E-state index contributed by atoms with van der Waals surface area (Å²) in [5, 5.41) is 3.41. The van der Waals surface area contributed by atoms with Crippen LogP contribution in [0.15, 0.2) is 24.3 Å². The smallest absolute Gasteiger partial charge is 0.222 e. The molecule has 3 rings (SSSR count). The maximum absolute atomic E-state index is 12.7. The van der Waals surface area contributed by atoms with E-state index in [0.717, 1.165) is 52.2 Å². The Balaban J connectivity index is 1.43. The standard InChI is InChI=1S/C21H33N3O/c1-17-5-3-4-6-20(17)16-23-11-13-24(14-12-23)21(25)15-18(2)19-7-9-22-10-8-19/h3-6,18-19,22H,7-16H2,1-2H3. The van der Waals surface area contributed by atoms with Crippen LogP contribution in [0.25, 0.3) is 0 Å². The highest BCUT2D eigenvalue weighted by Crippen LogP contribution is 2.25. The fraction of sp³-hybridized carbons (Fsp3) is 0.667. The second-order valence-electron chi connectivity index (χ2n) is 7.85. The first-order valence-corrected chi connectivity index (χ1v) is 9.89. The molecule has 0 spiro atoms. The molecule has 4 heteroatoms. The number of rotatable bonds is 5. The third-order valence-corrected chi connectivity index (χ3v) is 6.07. The Labute approximate surface area is 152 Å². The van der Waals surface area contributed by atoms with Crippen molar-refractivity contribution in [3.8, 4) is 0 Å². The van der Waals surface area contributed by atoms with Gasteiger partial charge in [0.25, 0.3) is 0 Å². The van der Waals surface area contributed by atoms with E-state index in [4.69, 9.17) is 0 Å². The van der Waals surface area contributed by atoms with E-state index in [1.807, 2.05) is 0 Å². The average molecular weight is 344 g/mol. The van der Waals surface area contributed by atoms with E-state index >= 15 is 0 Å². The van der Waals surface area contributed by atoms with E-state index in [2.05, 4.69) is 53.2 Å². The van der Waals surface area contributed by atoms with Crippen molar-refractivity contribution in [3.05, 3.63) is 35.4 Å². The number of nitrogens with one attached hydrogen (secondary N) is 1. The summed E-state index contributed by atoms with van der Waals surface area (Å²) in [6.45, 7) is 11.4. The van der Waals surface area contributed by atoms with Crippen molar-refractivity contribution >= 4 is 5.91 Å². The Bertz CT molecular complexity index is 560. The number of hydrogen-bond acceptors (Lipinski definition) is 3. The molecule has 1 unspecified atom stereocenters. The maximum Gasteiger partial charge on any atom is 0.222 e. The zero-order valence-electron chi connectivity index (χ0n) is 15.8. The Morgan fingerprint density at radius 3 is 2.52 bits per heavy atom. The Morgan fingerprint density at radius 1 is 1.16 bits per heavy atom. The summed E-state index contributed by atoms with van der Waals surface area (Å²) in [6.07, 6.45) is 3.17. The van der Waals surface area contributed by atoms with Gasteiger partial charge < -0.3 is 10.2 Å². The molecule has 1 aromatic rings. The highest BCUT2D eigenvalue weighted by molar-refractivity contribution is 5.76. The summed E-state index contributed by atoms with van der Waals surface area (Å²) in [6, 6.07) is 8.61. The summed E-state index contributed by atoms with van der Waals surface area (Å²) in [5.41, 5.74) is 2.76. The van der Waals surface area contributed by atoms with Gasteiger partial charge in [0, 0.05) is 39.1 Å². The van der Waals surface area contributed by atoms with Crippen LogP contribution >= 0.6 is 0 Å². The molecule has 0 aromatic heterocycles. The molecule has 0 saturated carbocycles. The third-order valence-electron chi connectivity index (χ3n) is 6.07. The molecule has 0 bridgehead atoms. The topological polar surface area (TPSA) is 35.6 Å². The van der Waals surface area contributed by atoms with Gasteiger partial charge in [-0.2, -0.15) is 0 Å². The van der Waals surface area contributed by atoms with E-state index in [1.165, 1.54) is 24.0 Å². The molecule has 1 atom stereocenters. The van der Waals surface area contributed by atoms with Crippen molar-refractivity contribution in [2.45, 2.75) is 39.7 Å². The van der Waals surface area contributed by atoms with Gasteiger partial charge in [-0.15, -0.1) is 0 Å². The van der Waals surface area contributed by atoms with E-state index in [1.54, 1.807) is 0 Å². The van der Waals surface area contributed by atoms with Crippen LogP contribution < -0.4 is 5.32 Å². The highest BCUT2D eigenvalue weighted by atomic mass is 16.2. The largest absolute Gasteiger partial charge is 0.340 e. The van der Waals surface area contributed by atoms with Gasteiger partial charge in [0.05, 0.1) is 0 Å². The van der Waals surface area contributed by atoms with E-state index < -0.39 is 0 Å². The van der Waals surface area contributed by atoms with Crippen LogP contribution in [0.2, 0.25) is 0 Å². The van der Waals surface area contributed by atoms with Crippen molar-refractivity contribution in [2.75, 3.05) is 39.3 Å². The van der Waals surface area contributed by atoms with Gasteiger partial charge in [-0.25, -0.2) is 0 Å². The molecule has 4 nitrogen and oxygen atoms in total. The molecule has 2 saturated heterocycles. The summed E-state index contributed by atoms with van der Waals surface area (Å²) < 4.78 is 0. The second kappa shape index (κ2) is 8.81. The highest BCUT2D eigenvalue weighted by Gasteiger charge is 2.26. The Kier molecular flexibility index (Phi) is 6.49. The number of benzene rings is 1. The van der Waals surface area contributed by atoms with Crippen molar-refractivity contribution in [1.29, 1.82) is 0 Å². The van der Waals surface area contributed by atoms with Gasteiger partial charge in [0.2, 0.25) is 5.91 Å². The number of aryl methyl sites for hydroxylation is 1. The summed E-state index contributed by atoms with van der Waals surface area (Å²) in [7, 11) is 0. The van der Waals surface area contributed by atoms with E-state index in [-0.39, 0.29) is 0 Å². The fourth-order valence-corrected chi connectivity index (χ4v) is 4.17. The molecular weight excluding hydrogens is 310 g/mol. The zero-order valence-corrected chi connectivity index (χ0v) is 15.8. The van der Waals surface area contributed by atoms with Crippen LogP contribution in [0.5, 0.6) is 0 Å². The van der Waals surface area contributed by atoms with Gasteiger partial charge in [-0.1, -0.05) is 31.2 Å². The third kappa shape index (κ3) is 5.05. The molecule has 138 valence electrons. The molecule has 0 aliphatic carbocycles. The van der Waals surface area contributed by atoms with Gasteiger partial charge >= 0.3 is 0 Å². The number of carbonyl (C=O) groups is 1. The Morgan fingerprint density at radius 2 is 1.84 bits per heavy atom. The number of piperazine rings is 1. The predicted octanol–water partition coefficient (Wildman–Crippen LogP) is 2.67. The molecule has 1 aromatic carbocycles. The molecule has 2 aliphatic heterocycles. The lowest BCUT2D eigenvalue weighted by molar-refractivity contribution is -0.134. The van der Waals surface area contributed by atoms with Crippen molar-refractivity contribution in [3.63, 3.8) is 0 Å². The first-order valence-electron chi connectivity index (χ1n) is 9.89. The van der Waals surface area contributed by atoms with Crippen LogP contribution in [0.4, 0.5) is 0 Å². The predicted molar refractivity (Wildman–Crippen MR) is 102 cm³/mol. The molecule has 1 N–H and O–H groups in total. The number of piperidine rings is 1. The van der Waals surface area contributed by atoms with Crippen molar-refractivity contribution in [2.24, 2.45) is 11.8 Å². The summed E-state index contributed by atoms with van der Waals surface area (Å²) in [4.78, 5) is 17.2. The molecule has 25 heavy (non-hydrogen) atoms. The number of amides is 1. The van der Waals surface area contributed by atoms with Gasteiger partial charge in [-0.05, 0) is 55.8 Å². The van der Waals surface area contributed by atoms with Crippen LogP contribution in [-0.4, -0.2) is 55.0 Å². The number of hydrogen-bond donors (Lipinski definition) is 1. The average Bonchev–Trinajstić information content (AvgIpc) is 2.65. The minimum Gasteiger partial charge on any atom is -0.340 e. The molecule has 1 amide bonds. The van der Waals surface area contributed by atoms with E-state index in [9.17, 15) is 4.79 Å². The van der Waals surface area contributed by atoms with Crippen LogP contribution in [0, 0.1) is 18.8 Å². The number of carbonyl (C=O) groups excluding carboxylic acids is 1. The lowest BCUT2D eigenvalue weighted by atomic mass is 9.84. The molecule has 2 heterocycles. The quantitative estimate of drug-likeness (QED) is 0.893. The van der Waals surface area contributed by atoms with Gasteiger partial charge in [0.15, 0.2) is 0 Å². The normalized spacial score (nSPS) is 21.3. The maximum atomic E-state index is 12.7. The minimum atomic E-state index is 0.363. The van der Waals surface area contributed by atoms with Crippen LogP contribution in [0.1, 0.15) is 37.3 Å². The molecule has 2 fully saturated rings. The Hall–Kier alpha value is -1.39.